The molecule has 1 saturated heterocycles. The molecule has 2 aliphatic heterocycles. The van der Waals surface area contributed by atoms with E-state index in [0.29, 0.717) is 11.5 Å². The van der Waals surface area contributed by atoms with E-state index in [0.717, 1.165) is 80.2 Å². The number of hydrogen-bond acceptors (Lipinski definition) is 5. The lowest BCUT2D eigenvalue weighted by Gasteiger charge is -2.41. The number of aryl methyl sites for hydroxylation is 2. The number of pyridine rings is 1. The lowest BCUT2D eigenvalue weighted by molar-refractivity contribution is -0.160. The number of hydrogen-bond donors (Lipinski definition) is 1. The topological polar surface area (TPSA) is 65.9 Å². The van der Waals surface area contributed by atoms with Gasteiger partial charge in [0.2, 0.25) is 0 Å². The predicted molar refractivity (Wildman–Crippen MR) is 184 cm³/mol. The maximum atomic E-state index is 12.8. The van der Waals surface area contributed by atoms with Crippen molar-refractivity contribution >= 4 is 11.7 Å². The van der Waals surface area contributed by atoms with Gasteiger partial charge in [-0.15, -0.1) is 0 Å². The molecular formula is C39H53N3O3. The highest BCUT2D eigenvalue weighted by Crippen LogP contribution is 2.45. The molecule has 2 aromatic carbocycles. The molecule has 1 unspecified atom stereocenters. The SMILES string of the molecule is Cc1nc(C)c(C(OC(C)(C)C)C(=O)O)c(N2CCC(C)(C)CC2)c1-c1ccc2c(c1)CCN(Cc1ccc(C(C)C)cc1)C2. The maximum absolute atomic E-state index is 12.8. The Kier molecular flexibility index (Phi) is 9.49. The van der Waals surface area contributed by atoms with Crippen LogP contribution < -0.4 is 4.90 Å². The van der Waals surface area contributed by atoms with Gasteiger partial charge in [-0.3, -0.25) is 9.88 Å². The van der Waals surface area contributed by atoms with Gasteiger partial charge in [0.15, 0.2) is 6.10 Å². The van der Waals surface area contributed by atoms with Crippen molar-refractivity contribution in [3.8, 4) is 11.1 Å². The van der Waals surface area contributed by atoms with Crippen LogP contribution in [-0.4, -0.2) is 46.2 Å². The third-order valence-electron chi connectivity index (χ3n) is 9.61. The molecule has 1 N–H and O–H groups in total. The smallest absolute Gasteiger partial charge is 0.337 e. The first-order valence-corrected chi connectivity index (χ1v) is 16.7. The zero-order chi connectivity index (χ0) is 32.7. The molecule has 0 amide bonds. The van der Waals surface area contributed by atoms with Gasteiger partial charge in [-0.05, 0) is 93.0 Å². The first-order chi connectivity index (χ1) is 21.1. The second-order valence-electron chi connectivity index (χ2n) is 15.4. The van der Waals surface area contributed by atoms with Gasteiger partial charge in [-0.2, -0.15) is 0 Å². The summed E-state index contributed by atoms with van der Waals surface area (Å²) in [5, 5.41) is 10.5. The monoisotopic (exact) mass is 611 g/mol. The number of anilines is 1. The number of carbonyl (C=O) groups is 1. The van der Waals surface area contributed by atoms with Crippen molar-refractivity contribution in [1.82, 2.24) is 9.88 Å². The van der Waals surface area contributed by atoms with Gasteiger partial charge >= 0.3 is 5.97 Å². The Balaban J connectivity index is 1.53. The number of aliphatic carboxylic acids is 1. The fourth-order valence-electron chi connectivity index (χ4n) is 6.92. The summed E-state index contributed by atoms with van der Waals surface area (Å²) in [4.78, 5) is 22.7. The van der Waals surface area contributed by atoms with E-state index in [9.17, 15) is 9.90 Å². The Morgan fingerprint density at radius 2 is 1.64 bits per heavy atom. The summed E-state index contributed by atoms with van der Waals surface area (Å²) >= 11 is 0. The molecule has 0 spiro atoms. The Morgan fingerprint density at radius 3 is 2.24 bits per heavy atom. The fourth-order valence-corrected chi connectivity index (χ4v) is 6.92. The van der Waals surface area contributed by atoms with Gasteiger partial charge in [-0.25, -0.2) is 4.79 Å². The molecule has 0 bridgehead atoms. The number of nitrogens with zero attached hydrogens (tertiary/aromatic N) is 3. The number of benzene rings is 2. The molecule has 3 aromatic rings. The van der Waals surface area contributed by atoms with Crippen LogP contribution in [0.15, 0.2) is 42.5 Å². The average Bonchev–Trinajstić information content (AvgIpc) is 2.95. The standard InChI is InChI=1S/C39H53N3O3/c1-25(2)29-12-10-28(11-13-29)23-41-19-16-30-22-31(14-15-32(30)24-41)33-26(3)40-27(4)34(36(37(43)44)45-38(5,6)7)35(33)42-20-17-39(8,9)18-21-42/h10-15,22,25,36H,16-21,23-24H2,1-9H3,(H,43,44). The molecular weight excluding hydrogens is 558 g/mol. The van der Waals surface area contributed by atoms with Gasteiger partial charge in [0.1, 0.15) is 0 Å². The number of ether oxygens (including phenoxy) is 1. The van der Waals surface area contributed by atoms with E-state index in [2.05, 4.69) is 86.9 Å². The van der Waals surface area contributed by atoms with E-state index in [1.54, 1.807) is 0 Å². The van der Waals surface area contributed by atoms with Gasteiger partial charge in [0.05, 0.1) is 11.3 Å². The second kappa shape index (κ2) is 12.9. The number of carboxylic acid groups (broad SMARTS) is 1. The summed E-state index contributed by atoms with van der Waals surface area (Å²) in [7, 11) is 0. The van der Waals surface area contributed by atoms with Gasteiger partial charge < -0.3 is 14.7 Å². The summed E-state index contributed by atoms with van der Waals surface area (Å²) in [5.74, 6) is -0.436. The van der Waals surface area contributed by atoms with Crippen molar-refractivity contribution in [3.63, 3.8) is 0 Å². The molecule has 242 valence electrons. The van der Waals surface area contributed by atoms with E-state index < -0.39 is 17.7 Å². The average molecular weight is 612 g/mol. The number of aromatic nitrogens is 1. The van der Waals surface area contributed by atoms with Crippen molar-refractivity contribution in [3.05, 3.63) is 81.7 Å². The lowest BCUT2D eigenvalue weighted by atomic mass is 9.81. The van der Waals surface area contributed by atoms with Crippen molar-refractivity contribution in [2.75, 3.05) is 24.5 Å². The Labute approximate surface area is 270 Å². The van der Waals surface area contributed by atoms with Crippen LogP contribution in [0.25, 0.3) is 11.1 Å². The predicted octanol–water partition coefficient (Wildman–Crippen LogP) is 8.61. The minimum atomic E-state index is -1.11. The van der Waals surface area contributed by atoms with Crippen LogP contribution in [-0.2, 0) is 29.0 Å². The molecule has 1 aromatic heterocycles. The number of rotatable bonds is 8. The van der Waals surface area contributed by atoms with Crippen molar-refractivity contribution in [2.24, 2.45) is 5.41 Å². The summed E-state index contributed by atoms with van der Waals surface area (Å²) in [5.41, 5.74) is 10.6. The molecule has 6 heteroatoms. The molecule has 0 saturated carbocycles. The zero-order valence-electron chi connectivity index (χ0n) is 29.0. The summed E-state index contributed by atoms with van der Waals surface area (Å²) in [6.45, 7) is 23.5. The van der Waals surface area contributed by atoms with Gasteiger partial charge in [0.25, 0.3) is 0 Å². The Bertz CT molecular complexity index is 1520. The molecule has 0 aliphatic carbocycles. The highest BCUT2D eigenvalue weighted by Gasteiger charge is 2.36. The normalized spacial score (nSPS) is 17.8. The number of piperidine rings is 1. The van der Waals surface area contributed by atoms with Crippen molar-refractivity contribution in [2.45, 2.75) is 112 Å². The van der Waals surface area contributed by atoms with Crippen molar-refractivity contribution in [1.29, 1.82) is 0 Å². The van der Waals surface area contributed by atoms with E-state index in [1.807, 2.05) is 27.7 Å². The minimum Gasteiger partial charge on any atom is -0.479 e. The van der Waals surface area contributed by atoms with E-state index in [-0.39, 0.29) is 5.41 Å². The Morgan fingerprint density at radius 1 is 0.978 bits per heavy atom. The molecule has 45 heavy (non-hydrogen) atoms. The zero-order valence-corrected chi connectivity index (χ0v) is 29.0. The summed E-state index contributed by atoms with van der Waals surface area (Å²) in [6, 6.07) is 15.9. The highest BCUT2D eigenvalue weighted by molar-refractivity contribution is 5.88. The third kappa shape index (κ3) is 7.61. The van der Waals surface area contributed by atoms with Crippen molar-refractivity contribution < 1.29 is 14.6 Å². The molecule has 5 rings (SSSR count). The number of fused-ring (bicyclic) bond motifs is 1. The minimum absolute atomic E-state index is 0.260. The van der Waals surface area contributed by atoms with Crippen LogP contribution in [0.3, 0.4) is 0 Å². The Hall–Kier alpha value is -3.22. The lowest BCUT2D eigenvalue weighted by Crippen LogP contribution is -2.39. The summed E-state index contributed by atoms with van der Waals surface area (Å²) in [6.07, 6.45) is 1.97. The van der Waals surface area contributed by atoms with Crippen LogP contribution in [0.2, 0.25) is 0 Å². The van der Waals surface area contributed by atoms with Crippen LogP contribution in [0.5, 0.6) is 0 Å². The van der Waals surface area contributed by atoms with Crippen LogP contribution in [0, 0.1) is 19.3 Å². The third-order valence-corrected chi connectivity index (χ3v) is 9.61. The van der Waals surface area contributed by atoms with E-state index >= 15 is 0 Å². The second-order valence-corrected chi connectivity index (χ2v) is 15.4. The van der Waals surface area contributed by atoms with E-state index in [1.165, 1.54) is 22.3 Å². The van der Waals surface area contributed by atoms with Crippen LogP contribution in [0.1, 0.15) is 113 Å². The largest absolute Gasteiger partial charge is 0.479 e. The van der Waals surface area contributed by atoms with Gasteiger partial charge in [0, 0.05) is 55.2 Å². The fraction of sp³-hybridized carbons (Fsp3) is 0.538. The quantitative estimate of drug-likeness (QED) is 0.275. The first-order valence-electron chi connectivity index (χ1n) is 16.7. The molecule has 1 fully saturated rings. The van der Waals surface area contributed by atoms with Crippen LogP contribution >= 0.6 is 0 Å². The molecule has 1 atom stereocenters. The molecule has 3 heterocycles. The first kappa shape index (κ1) is 33.2. The molecule has 2 aliphatic rings. The maximum Gasteiger partial charge on any atom is 0.337 e. The molecule has 6 nitrogen and oxygen atoms in total. The summed E-state index contributed by atoms with van der Waals surface area (Å²) < 4.78 is 6.27. The highest BCUT2D eigenvalue weighted by atomic mass is 16.5. The van der Waals surface area contributed by atoms with E-state index in [4.69, 9.17) is 9.72 Å². The van der Waals surface area contributed by atoms with Gasteiger partial charge in [-0.1, -0.05) is 70.2 Å². The van der Waals surface area contributed by atoms with Crippen LogP contribution in [0.4, 0.5) is 5.69 Å². The molecule has 0 radical (unpaired) electrons. The number of carboxylic acids is 1.